The SMILES string of the molecule is O=C(c1cc(-c2ccccc2F)on1)N1CCCC(C(F)(F)F)C1. The van der Waals surface area contributed by atoms with Crippen LogP contribution in [-0.4, -0.2) is 35.2 Å². The maximum absolute atomic E-state index is 13.7. The highest BCUT2D eigenvalue weighted by atomic mass is 19.4. The van der Waals surface area contributed by atoms with Gasteiger partial charge in [-0.15, -0.1) is 0 Å². The van der Waals surface area contributed by atoms with E-state index in [0.717, 1.165) is 4.90 Å². The first-order valence-electron chi connectivity index (χ1n) is 7.44. The Morgan fingerprint density at radius 2 is 2.04 bits per heavy atom. The molecule has 2 aromatic rings. The predicted molar refractivity (Wildman–Crippen MR) is 76.6 cm³/mol. The number of nitrogens with zero attached hydrogens (tertiary/aromatic N) is 2. The topological polar surface area (TPSA) is 46.3 Å². The molecule has 0 saturated carbocycles. The molecule has 24 heavy (non-hydrogen) atoms. The predicted octanol–water partition coefficient (Wildman–Crippen LogP) is 3.90. The van der Waals surface area contributed by atoms with Crippen molar-refractivity contribution in [3.05, 3.63) is 41.8 Å². The minimum atomic E-state index is -4.33. The summed E-state index contributed by atoms with van der Waals surface area (Å²) in [6.45, 7) is -0.169. The molecule has 1 unspecified atom stereocenters. The molecule has 1 saturated heterocycles. The van der Waals surface area contributed by atoms with Gasteiger partial charge >= 0.3 is 6.18 Å². The fraction of sp³-hybridized carbons (Fsp3) is 0.375. The van der Waals surface area contributed by atoms with E-state index in [1.54, 1.807) is 6.07 Å². The van der Waals surface area contributed by atoms with Gasteiger partial charge in [0.05, 0.1) is 11.5 Å². The van der Waals surface area contributed by atoms with E-state index in [9.17, 15) is 22.4 Å². The molecule has 1 amide bonds. The Balaban J connectivity index is 1.78. The van der Waals surface area contributed by atoms with Crippen molar-refractivity contribution >= 4 is 5.91 Å². The summed E-state index contributed by atoms with van der Waals surface area (Å²) in [5.41, 5.74) is 0.00643. The molecular weight excluding hydrogens is 328 g/mol. The first-order chi connectivity index (χ1) is 11.4. The highest BCUT2D eigenvalue weighted by molar-refractivity contribution is 5.93. The number of halogens is 4. The van der Waals surface area contributed by atoms with Crippen molar-refractivity contribution in [2.45, 2.75) is 19.0 Å². The summed E-state index contributed by atoms with van der Waals surface area (Å²) < 4.78 is 57.2. The van der Waals surface area contributed by atoms with Gasteiger partial charge in [0.15, 0.2) is 11.5 Å². The molecule has 8 heteroatoms. The van der Waals surface area contributed by atoms with Crippen LogP contribution in [-0.2, 0) is 0 Å². The molecule has 3 rings (SSSR count). The lowest BCUT2D eigenvalue weighted by Crippen LogP contribution is -2.44. The van der Waals surface area contributed by atoms with Crippen molar-refractivity contribution in [2.75, 3.05) is 13.1 Å². The number of piperidine rings is 1. The van der Waals surface area contributed by atoms with Crippen molar-refractivity contribution in [1.29, 1.82) is 0 Å². The molecule has 1 aromatic heterocycles. The summed E-state index contributed by atoms with van der Waals surface area (Å²) in [6.07, 6.45) is -4.05. The van der Waals surface area contributed by atoms with Crippen molar-refractivity contribution in [3.8, 4) is 11.3 Å². The van der Waals surface area contributed by atoms with Crippen molar-refractivity contribution < 1.29 is 26.9 Å². The van der Waals surface area contributed by atoms with Crippen LogP contribution >= 0.6 is 0 Å². The van der Waals surface area contributed by atoms with E-state index in [1.807, 2.05) is 0 Å². The number of amides is 1. The molecule has 128 valence electrons. The minimum Gasteiger partial charge on any atom is -0.355 e. The summed E-state index contributed by atoms with van der Waals surface area (Å²) >= 11 is 0. The summed E-state index contributed by atoms with van der Waals surface area (Å²) in [7, 11) is 0. The molecule has 2 heterocycles. The van der Waals surface area contributed by atoms with Crippen LogP contribution in [0.4, 0.5) is 17.6 Å². The highest BCUT2D eigenvalue weighted by Gasteiger charge is 2.43. The van der Waals surface area contributed by atoms with E-state index in [0.29, 0.717) is 0 Å². The van der Waals surface area contributed by atoms with E-state index in [4.69, 9.17) is 4.52 Å². The van der Waals surface area contributed by atoms with Crippen LogP contribution in [0.3, 0.4) is 0 Å². The van der Waals surface area contributed by atoms with Crippen LogP contribution in [0.5, 0.6) is 0 Å². The maximum atomic E-state index is 13.7. The normalized spacial score (nSPS) is 18.7. The van der Waals surface area contributed by atoms with E-state index in [2.05, 4.69) is 5.16 Å². The Morgan fingerprint density at radius 3 is 2.75 bits per heavy atom. The third-order valence-electron chi connectivity index (χ3n) is 4.04. The number of aromatic nitrogens is 1. The van der Waals surface area contributed by atoms with Gasteiger partial charge in [-0.2, -0.15) is 13.2 Å². The molecule has 1 fully saturated rings. The van der Waals surface area contributed by atoms with Crippen LogP contribution in [0.2, 0.25) is 0 Å². The average Bonchev–Trinajstić information content (AvgIpc) is 3.03. The lowest BCUT2D eigenvalue weighted by molar-refractivity contribution is -0.184. The zero-order valence-corrected chi connectivity index (χ0v) is 12.5. The Morgan fingerprint density at radius 1 is 1.29 bits per heavy atom. The van der Waals surface area contributed by atoms with E-state index < -0.39 is 30.4 Å². The molecule has 1 atom stereocenters. The van der Waals surface area contributed by atoms with E-state index >= 15 is 0 Å². The fourth-order valence-corrected chi connectivity index (χ4v) is 2.75. The molecule has 1 aliphatic rings. The number of benzene rings is 1. The standard InChI is InChI=1S/C16H14F4N2O2/c17-12-6-2-1-5-11(12)14-8-13(21-24-14)15(23)22-7-3-4-10(9-22)16(18,19)20/h1-2,5-6,8,10H,3-4,7,9H2. The van der Waals surface area contributed by atoms with Crippen molar-refractivity contribution in [2.24, 2.45) is 5.92 Å². The Labute approximate surface area is 135 Å². The van der Waals surface area contributed by atoms with Gasteiger partial charge in [0, 0.05) is 19.2 Å². The smallest absolute Gasteiger partial charge is 0.355 e. The number of hydrogen-bond acceptors (Lipinski definition) is 3. The minimum absolute atomic E-state index is 0.00652. The monoisotopic (exact) mass is 342 g/mol. The second-order valence-electron chi connectivity index (χ2n) is 5.69. The van der Waals surface area contributed by atoms with Gasteiger partial charge in [-0.3, -0.25) is 4.79 Å². The van der Waals surface area contributed by atoms with Crippen LogP contribution < -0.4 is 0 Å². The maximum Gasteiger partial charge on any atom is 0.393 e. The zero-order chi connectivity index (χ0) is 17.3. The fourth-order valence-electron chi connectivity index (χ4n) is 2.75. The molecule has 0 spiro atoms. The summed E-state index contributed by atoms with van der Waals surface area (Å²) in [6, 6.07) is 7.05. The third kappa shape index (κ3) is 3.27. The lowest BCUT2D eigenvalue weighted by atomic mass is 9.97. The number of carbonyl (C=O) groups is 1. The average molecular weight is 342 g/mol. The Hall–Kier alpha value is -2.38. The van der Waals surface area contributed by atoms with E-state index in [1.165, 1.54) is 24.3 Å². The number of carbonyl (C=O) groups excluding carboxylic acids is 1. The third-order valence-corrected chi connectivity index (χ3v) is 4.04. The molecule has 4 nitrogen and oxygen atoms in total. The van der Waals surface area contributed by atoms with Gasteiger partial charge in [0.25, 0.3) is 5.91 Å². The van der Waals surface area contributed by atoms with Gasteiger partial charge in [-0.25, -0.2) is 4.39 Å². The van der Waals surface area contributed by atoms with Crippen LogP contribution in [0.15, 0.2) is 34.9 Å². The lowest BCUT2D eigenvalue weighted by Gasteiger charge is -2.33. The highest BCUT2D eigenvalue weighted by Crippen LogP contribution is 2.33. The Kier molecular flexibility index (Phi) is 4.29. The second-order valence-corrected chi connectivity index (χ2v) is 5.69. The van der Waals surface area contributed by atoms with Gasteiger partial charge in [-0.1, -0.05) is 17.3 Å². The van der Waals surface area contributed by atoms with Gasteiger partial charge in [-0.05, 0) is 25.0 Å². The number of hydrogen-bond donors (Lipinski definition) is 0. The largest absolute Gasteiger partial charge is 0.393 e. The molecule has 0 aliphatic carbocycles. The van der Waals surface area contributed by atoms with Crippen LogP contribution in [0.25, 0.3) is 11.3 Å². The summed E-state index contributed by atoms with van der Waals surface area (Å²) in [5, 5.41) is 3.58. The van der Waals surface area contributed by atoms with Gasteiger partial charge < -0.3 is 9.42 Å². The molecular formula is C16H14F4N2O2. The van der Waals surface area contributed by atoms with E-state index in [-0.39, 0.29) is 36.4 Å². The zero-order valence-electron chi connectivity index (χ0n) is 12.5. The first-order valence-corrected chi connectivity index (χ1v) is 7.44. The van der Waals surface area contributed by atoms with Crippen LogP contribution in [0, 0.1) is 11.7 Å². The molecule has 1 aliphatic heterocycles. The van der Waals surface area contributed by atoms with Gasteiger partial charge in [0.1, 0.15) is 5.82 Å². The van der Waals surface area contributed by atoms with Crippen molar-refractivity contribution in [1.82, 2.24) is 10.1 Å². The summed E-state index contributed by atoms with van der Waals surface area (Å²) in [5.74, 6) is -2.66. The number of likely N-dealkylation sites (tertiary alicyclic amines) is 1. The summed E-state index contributed by atoms with van der Waals surface area (Å²) in [4.78, 5) is 13.5. The molecule has 1 aromatic carbocycles. The number of rotatable bonds is 2. The second kappa shape index (κ2) is 6.26. The van der Waals surface area contributed by atoms with Gasteiger partial charge in [0.2, 0.25) is 0 Å². The molecule has 0 radical (unpaired) electrons. The quantitative estimate of drug-likeness (QED) is 0.778. The number of alkyl halides is 3. The van der Waals surface area contributed by atoms with Crippen molar-refractivity contribution in [3.63, 3.8) is 0 Å². The molecule has 0 bridgehead atoms. The van der Waals surface area contributed by atoms with Crippen LogP contribution in [0.1, 0.15) is 23.3 Å². The Bertz CT molecular complexity index is 742. The first kappa shape index (κ1) is 16.5. The molecule has 0 N–H and O–H groups in total.